The monoisotopic (exact) mass is 278 g/mol. The molecular formula is C12H14N4O2S. The zero-order valence-corrected chi connectivity index (χ0v) is 11.7. The molecule has 1 aromatic heterocycles. The molecular weight excluding hydrogens is 264 g/mol. The minimum absolute atomic E-state index is 0.0376. The van der Waals surface area contributed by atoms with Crippen LogP contribution >= 0.6 is 11.8 Å². The van der Waals surface area contributed by atoms with Crippen molar-refractivity contribution >= 4 is 17.5 Å². The summed E-state index contributed by atoms with van der Waals surface area (Å²) < 4.78 is 6.61. The fourth-order valence-corrected chi connectivity index (χ4v) is 2.35. The second kappa shape index (κ2) is 5.83. The quantitative estimate of drug-likeness (QED) is 0.611. The molecule has 0 radical (unpaired) electrons. The Morgan fingerprint density at radius 2 is 2.05 bits per heavy atom. The number of aryl methyl sites for hydroxylation is 1. The SMILES string of the molecule is COc1ccc(C(=O)[C@@H](C)Sc2nnnn2C)cc1. The smallest absolute Gasteiger partial charge is 0.209 e. The van der Waals surface area contributed by atoms with Crippen LogP contribution in [0.25, 0.3) is 0 Å². The summed E-state index contributed by atoms with van der Waals surface area (Å²) in [6.45, 7) is 1.84. The molecule has 0 amide bonds. The lowest BCUT2D eigenvalue weighted by Crippen LogP contribution is -2.14. The highest BCUT2D eigenvalue weighted by Gasteiger charge is 2.19. The molecule has 0 spiro atoms. The molecule has 2 aromatic rings. The average molecular weight is 278 g/mol. The predicted molar refractivity (Wildman–Crippen MR) is 71.4 cm³/mol. The van der Waals surface area contributed by atoms with Gasteiger partial charge in [-0.3, -0.25) is 4.79 Å². The average Bonchev–Trinajstić information content (AvgIpc) is 2.83. The number of ether oxygens (including phenoxy) is 1. The van der Waals surface area contributed by atoms with E-state index in [-0.39, 0.29) is 11.0 Å². The number of benzene rings is 1. The van der Waals surface area contributed by atoms with E-state index < -0.39 is 0 Å². The Morgan fingerprint density at radius 3 is 2.58 bits per heavy atom. The van der Waals surface area contributed by atoms with Crippen molar-refractivity contribution in [3.05, 3.63) is 29.8 Å². The lowest BCUT2D eigenvalue weighted by molar-refractivity contribution is 0.0994. The Kier molecular flexibility index (Phi) is 4.16. The van der Waals surface area contributed by atoms with Crippen molar-refractivity contribution in [2.45, 2.75) is 17.3 Å². The maximum atomic E-state index is 12.2. The number of carbonyl (C=O) groups excluding carboxylic acids is 1. The number of hydrogen-bond acceptors (Lipinski definition) is 6. The van der Waals surface area contributed by atoms with E-state index in [0.29, 0.717) is 10.7 Å². The summed E-state index contributed by atoms with van der Waals surface area (Å²) in [5.41, 5.74) is 0.649. The number of rotatable bonds is 5. The van der Waals surface area contributed by atoms with Crippen LogP contribution in [0.5, 0.6) is 5.75 Å². The van der Waals surface area contributed by atoms with Crippen LogP contribution in [-0.2, 0) is 7.05 Å². The van der Waals surface area contributed by atoms with Crippen molar-refractivity contribution < 1.29 is 9.53 Å². The molecule has 1 heterocycles. The molecule has 0 aliphatic rings. The van der Waals surface area contributed by atoms with E-state index in [1.54, 1.807) is 43.1 Å². The topological polar surface area (TPSA) is 69.9 Å². The molecule has 7 heteroatoms. The van der Waals surface area contributed by atoms with Gasteiger partial charge in [0.2, 0.25) is 5.16 Å². The molecule has 0 fully saturated rings. The van der Waals surface area contributed by atoms with Crippen LogP contribution in [0, 0.1) is 0 Å². The van der Waals surface area contributed by atoms with Gasteiger partial charge in [-0.25, -0.2) is 4.68 Å². The van der Waals surface area contributed by atoms with Gasteiger partial charge in [0, 0.05) is 12.6 Å². The van der Waals surface area contributed by atoms with E-state index >= 15 is 0 Å². The number of Topliss-reactive ketones (excluding diaryl/α,β-unsaturated/α-hetero) is 1. The first-order valence-corrected chi connectivity index (χ1v) is 6.57. The lowest BCUT2D eigenvalue weighted by Gasteiger charge is -2.09. The number of ketones is 1. The molecule has 6 nitrogen and oxygen atoms in total. The summed E-state index contributed by atoms with van der Waals surface area (Å²) in [6, 6.07) is 7.06. The zero-order valence-electron chi connectivity index (χ0n) is 10.9. The third-order valence-corrected chi connectivity index (χ3v) is 3.73. The largest absolute Gasteiger partial charge is 0.497 e. The van der Waals surface area contributed by atoms with Gasteiger partial charge in [0.25, 0.3) is 0 Å². The molecule has 0 saturated carbocycles. The number of thioether (sulfide) groups is 1. The van der Waals surface area contributed by atoms with Gasteiger partial charge in [0.05, 0.1) is 12.4 Å². The third kappa shape index (κ3) is 3.11. The summed E-state index contributed by atoms with van der Waals surface area (Å²) in [7, 11) is 3.34. The Morgan fingerprint density at radius 1 is 1.37 bits per heavy atom. The van der Waals surface area contributed by atoms with Crippen LogP contribution in [-0.4, -0.2) is 38.4 Å². The van der Waals surface area contributed by atoms with E-state index in [4.69, 9.17) is 4.74 Å². The molecule has 0 unspecified atom stereocenters. The summed E-state index contributed by atoms with van der Waals surface area (Å²) >= 11 is 1.34. The van der Waals surface area contributed by atoms with Gasteiger partial charge in [-0.05, 0) is 41.6 Å². The fraction of sp³-hybridized carbons (Fsp3) is 0.333. The third-order valence-electron chi connectivity index (χ3n) is 2.61. The van der Waals surface area contributed by atoms with Crippen LogP contribution < -0.4 is 4.74 Å². The second-order valence-electron chi connectivity index (χ2n) is 3.94. The van der Waals surface area contributed by atoms with Gasteiger partial charge in [0.1, 0.15) is 5.75 Å². The maximum absolute atomic E-state index is 12.2. The van der Waals surface area contributed by atoms with Gasteiger partial charge in [-0.2, -0.15) is 0 Å². The van der Waals surface area contributed by atoms with E-state index in [0.717, 1.165) is 5.75 Å². The van der Waals surface area contributed by atoms with Crippen molar-refractivity contribution in [1.29, 1.82) is 0 Å². The van der Waals surface area contributed by atoms with Crippen molar-refractivity contribution in [3.8, 4) is 5.75 Å². The minimum Gasteiger partial charge on any atom is -0.497 e. The van der Waals surface area contributed by atoms with Crippen molar-refractivity contribution in [2.24, 2.45) is 7.05 Å². The Hall–Kier alpha value is -1.89. The first-order chi connectivity index (χ1) is 9.11. The molecule has 100 valence electrons. The van der Waals surface area contributed by atoms with Gasteiger partial charge in [-0.15, -0.1) is 5.10 Å². The Balaban J connectivity index is 2.08. The number of methoxy groups -OCH3 is 1. The fourth-order valence-electron chi connectivity index (χ4n) is 1.52. The molecule has 1 atom stereocenters. The number of carbonyl (C=O) groups is 1. The van der Waals surface area contributed by atoms with E-state index in [2.05, 4.69) is 15.5 Å². The predicted octanol–water partition coefficient (Wildman–Crippen LogP) is 1.58. The number of aromatic nitrogens is 4. The lowest BCUT2D eigenvalue weighted by atomic mass is 10.1. The van der Waals surface area contributed by atoms with Crippen molar-refractivity contribution in [3.63, 3.8) is 0 Å². The summed E-state index contributed by atoms with van der Waals surface area (Å²) in [6.07, 6.45) is 0. The number of tetrazole rings is 1. The van der Waals surface area contributed by atoms with Gasteiger partial charge < -0.3 is 4.74 Å². The number of nitrogens with zero attached hydrogens (tertiary/aromatic N) is 4. The molecule has 0 saturated heterocycles. The Bertz CT molecular complexity index is 567. The standard InChI is InChI=1S/C12H14N4O2S/c1-8(19-12-13-14-15-16(12)2)11(17)9-4-6-10(18-3)7-5-9/h4-8H,1-3H3/t8-/m1/s1. The van der Waals surface area contributed by atoms with E-state index in [1.165, 1.54) is 11.8 Å². The molecule has 0 N–H and O–H groups in total. The minimum atomic E-state index is -0.252. The van der Waals surface area contributed by atoms with Crippen LogP contribution in [0.3, 0.4) is 0 Å². The number of hydrogen-bond donors (Lipinski definition) is 0. The van der Waals surface area contributed by atoms with Crippen LogP contribution in [0.1, 0.15) is 17.3 Å². The molecule has 0 bridgehead atoms. The molecule has 2 rings (SSSR count). The summed E-state index contributed by atoms with van der Waals surface area (Å²) in [5.74, 6) is 0.769. The van der Waals surface area contributed by atoms with Crippen LogP contribution in [0.4, 0.5) is 0 Å². The molecule has 19 heavy (non-hydrogen) atoms. The highest BCUT2D eigenvalue weighted by Crippen LogP contribution is 2.23. The summed E-state index contributed by atoms with van der Waals surface area (Å²) in [4.78, 5) is 12.2. The first-order valence-electron chi connectivity index (χ1n) is 5.69. The highest BCUT2D eigenvalue weighted by molar-refractivity contribution is 8.00. The van der Waals surface area contributed by atoms with E-state index in [1.807, 2.05) is 6.92 Å². The molecule has 0 aliphatic heterocycles. The van der Waals surface area contributed by atoms with Gasteiger partial charge >= 0.3 is 0 Å². The van der Waals surface area contributed by atoms with Crippen molar-refractivity contribution in [2.75, 3.05) is 7.11 Å². The molecule has 0 aliphatic carbocycles. The maximum Gasteiger partial charge on any atom is 0.209 e. The first kappa shape index (κ1) is 13.5. The zero-order chi connectivity index (χ0) is 13.8. The highest BCUT2D eigenvalue weighted by atomic mass is 32.2. The van der Waals surface area contributed by atoms with E-state index in [9.17, 15) is 4.79 Å². The van der Waals surface area contributed by atoms with Crippen molar-refractivity contribution in [1.82, 2.24) is 20.2 Å². The van der Waals surface area contributed by atoms with Gasteiger partial charge in [-0.1, -0.05) is 11.8 Å². The van der Waals surface area contributed by atoms with Crippen LogP contribution in [0.15, 0.2) is 29.4 Å². The second-order valence-corrected chi connectivity index (χ2v) is 5.25. The Labute approximate surface area is 115 Å². The normalized spacial score (nSPS) is 12.2. The summed E-state index contributed by atoms with van der Waals surface area (Å²) in [5, 5.41) is 11.5. The van der Waals surface area contributed by atoms with Gasteiger partial charge in [0.15, 0.2) is 5.78 Å². The van der Waals surface area contributed by atoms with Crippen LogP contribution in [0.2, 0.25) is 0 Å². The molecule has 1 aromatic carbocycles.